The van der Waals surface area contributed by atoms with Gasteiger partial charge in [0.15, 0.2) is 11.5 Å². The largest absolute Gasteiger partial charge is 0.493 e. The highest BCUT2D eigenvalue weighted by molar-refractivity contribution is 6.05. The predicted molar refractivity (Wildman–Crippen MR) is 84.6 cm³/mol. The maximum atomic E-state index is 12.3. The molecule has 0 saturated carbocycles. The van der Waals surface area contributed by atoms with Crippen LogP contribution in [0.5, 0.6) is 11.5 Å². The average molecular weight is 306 g/mol. The Kier molecular flexibility index (Phi) is 6.59. The van der Waals surface area contributed by atoms with Gasteiger partial charge in [0.1, 0.15) is 0 Å². The van der Waals surface area contributed by atoms with Gasteiger partial charge in [0.25, 0.3) is 5.91 Å². The number of nitrogens with zero attached hydrogens (tertiary/aromatic N) is 1. The Hall–Kier alpha value is -2.34. The molecule has 0 aliphatic carbocycles. The van der Waals surface area contributed by atoms with Gasteiger partial charge in [-0.3, -0.25) is 14.5 Å². The number of rotatable bonds is 6. The number of nitrogens with two attached hydrogens (primary N) is 1. The maximum Gasteiger partial charge on any atom is 0.256 e. The molecule has 1 aromatic rings. The van der Waals surface area contributed by atoms with Crippen molar-refractivity contribution in [1.82, 2.24) is 4.90 Å². The number of ether oxygens (including phenoxy) is 2. The molecule has 1 rings (SSSR count). The lowest BCUT2D eigenvalue weighted by Gasteiger charge is -2.18. The SMILES string of the molecule is COc1ccc(/C=C(\C)C(=O)N(CCN)C(C)=O)cc1OC. The van der Waals surface area contributed by atoms with Crippen LogP contribution in [0.25, 0.3) is 6.08 Å². The van der Waals surface area contributed by atoms with E-state index in [1.54, 1.807) is 45.4 Å². The summed E-state index contributed by atoms with van der Waals surface area (Å²) in [4.78, 5) is 24.9. The van der Waals surface area contributed by atoms with Crippen molar-refractivity contribution in [1.29, 1.82) is 0 Å². The van der Waals surface area contributed by atoms with Crippen LogP contribution in [0.1, 0.15) is 19.4 Å². The normalized spacial score (nSPS) is 11.0. The van der Waals surface area contributed by atoms with E-state index in [1.807, 2.05) is 0 Å². The summed E-state index contributed by atoms with van der Waals surface area (Å²) in [6.07, 6.45) is 1.69. The zero-order valence-corrected chi connectivity index (χ0v) is 13.4. The second-order valence-corrected chi connectivity index (χ2v) is 4.71. The number of benzene rings is 1. The van der Waals surface area contributed by atoms with Gasteiger partial charge < -0.3 is 15.2 Å². The lowest BCUT2D eigenvalue weighted by molar-refractivity contribution is -0.140. The molecule has 0 aromatic heterocycles. The molecule has 0 fully saturated rings. The molecule has 22 heavy (non-hydrogen) atoms. The Balaban J connectivity index is 3.05. The van der Waals surface area contributed by atoms with Gasteiger partial charge in [0, 0.05) is 25.6 Å². The summed E-state index contributed by atoms with van der Waals surface area (Å²) >= 11 is 0. The predicted octanol–water partition coefficient (Wildman–Crippen LogP) is 1.44. The molecule has 2 amide bonds. The van der Waals surface area contributed by atoms with Crippen molar-refractivity contribution in [2.45, 2.75) is 13.8 Å². The van der Waals surface area contributed by atoms with Crippen LogP contribution in [0, 0.1) is 0 Å². The summed E-state index contributed by atoms with van der Waals surface area (Å²) in [5.74, 6) is 0.502. The van der Waals surface area contributed by atoms with Gasteiger partial charge in [-0.25, -0.2) is 0 Å². The number of hydrogen-bond acceptors (Lipinski definition) is 5. The maximum absolute atomic E-state index is 12.3. The molecule has 0 unspecified atom stereocenters. The summed E-state index contributed by atoms with van der Waals surface area (Å²) in [5.41, 5.74) is 6.65. The van der Waals surface area contributed by atoms with Gasteiger partial charge >= 0.3 is 0 Å². The highest BCUT2D eigenvalue weighted by Gasteiger charge is 2.18. The van der Waals surface area contributed by atoms with Gasteiger partial charge in [-0.2, -0.15) is 0 Å². The first kappa shape index (κ1) is 17.7. The number of imide groups is 1. The minimum Gasteiger partial charge on any atom is -0.493 e. The minimum absolute atomic E-state index is 0.200. The van der Waals surface area contributed by atoms with Crippen molar-refractivity contribution in [2.75, 3.05) is 27.3 Å². The third-order valence-electron chi connectivity index (χ3n) is 3.11. The molecule has 0 aliphatic heterocycles. The van der Waals surface area contributed by atoms with E-state index in [9.17, 15) is 9.59 Å². The van der Waals surface area contributed by atoms with Crippen molar-refractivity contribution in [3.63, 3.8) is 0 Å². The second-order valence-electron chi connectivity index (χ2n) is 4.71. The number of hydrogen-bond donors (Lipinski definition) is 1. The molecule has 0 aliphatic rings. The van der Waals surface area contributed by atoms with Crippen molar-refractivity contribution < 1.29 is 19.1 Å². The first-order chi connectivity index (χ1) is 10.4. The number of amides is 2. The van der Waals surface area contributed by atoms with Crippen LogP contribution in [0.3, 0.4) is 0 Å². The summed E-state index contributed by atoms with van der Waals surface area (Å²) < 4.78 is 10.4. The summed E-state index contributed by atoms with van der Waals surface area (Å²) in [5, 5.41) is 0. The Bertz CT molecular complexity index is 582. The molecule has 2 N–H and O–H groups in total. The van der Waals surface area contributed by atoms with E-state index >= 15 is 0 Å². The van der Waals surface area contributed by atoms with Gasteiger partial charge in [-0.1, -0.05) is 6.07 Å². The Labute approximate surface area is 130 Å². The lowest BCUT2D eigenvalue weighted by Crippen LogP contribution is -2.39. The third kappa shape index (κ3) is 4.33. The van der Waals surface area contributed by atoms with Crippen LogP contribution in [0.15, 0.2) is 23.8 Å². The Morgan fingerprint density at radius 3 is 2.32 bits per heavy atom. The topological polar surface area (TPSA) is 81.9 Å². The van der Waals surface area contributed by atoms with E-state index in [4.69, 9.17) is 15.2 Å². The number of carbonyl (C=O) groups is 2. The first-order valence-electron chi connectivity index (χ1n) is 6.87. The van der Waals surface area contributed by atoms with Crippen molar-refractivity contribution in [3.05, 3.63) is 29.3 Å². The highest BCUT2D eigenvalue weighted by Crippen LogP contribution is 2.28. The second kappa shape index (κ2) is 8.19. The standard InChI is InChI=1S/C16H22N2O4/c1-11(16(20)18(8-7-17)12(2)19)9-13-5-6-14(21-3)15(10-13)22-4/h5-6,9-10H,7-8,17H2,1-4H3/b11-9+. The third-order valence-corrected chi connectivity index (χ3v) is 3.11. The zero-order chi connectivity index (χ0) is 16.7. The lowest BCUT2D eigenvalue weighted by atomic mass is 10.1. The molecule has 0 spiro atoms. The van der Waals surface area contributed by atoms with Crippen molar-refractivity contribution in [2.24, 2.45) is 5.73 Å². The van der Waals surface area contributed by atoms with Gasteiger partial charge in [0.2, 0.25) is 5.91 Å². The molecule has 6 nitrogen and oxygen atoms in total. The molecular formula is C16H22N2O4. The molecule has 120 valence electrons. The Morgan fingerprint density at radius 1 is 1.18 bits per heavy atom. The Morgan fingerprint density at radius 2 is 1.82 bits per heavy atom. The van der Waals surface area contributed by atoms with E-state index < -0.39 is 0 Å². The molecule has 0 saturated heterocycles. The molecule has 1 aromatic carbocycles. The molecule has 0 atom stereocenters. The first-order valence-corrected chi connectivity index (χ1v) is 6.87. The van der Waals surface area contributed by atoms with Crippen LogP contribution in [-0.4, -0.2) is 44.0 Å². The van der Waals surface area contributed by atoms with Gasteiger partial charge in [0.05, 0.1) is 14.2 Å². The van der Waals surface area contributed by atoms with Gasteiger partial charge in [-0.15, -0.1) is 0 Å². The average Bonchev–Trinajstić information content (AvgIpc) is 2.51. The highest BCUT2D eigenvalue weighted by atomic mass is 16.5. The fraction of sp³-hybridized carbons (Fsp3) is 0.375. The molecular weight excluding hydrogens is 284 g/mol. The van der Waals surface area contributed by atoms with Crippen LogP contribution >= 0.6 is 0 Å². The fourth-order valence-corrected chi connectivity index (χ4v) is 2.00. The summed E-state index contributed by atoms with van der Waals surface area (Å²) in [6, 6.07) is 5.32. The summed E-state index contributed by atoms with van der Waals surface area (Å²) in [7, 11) is 3.10. The van der Waals surface area contributed by atoms with E-state index in [-0.39, 0.29) is 24.9 Å². The van der Waals surface area contributed by atoms with Crippen molar-refractivity contribution in [3.8, 4) is 11.5 Å². The van der Waals surface area contributed by atoms with E-state index in [0.717, 1.165) is 10.5 Å². The number of carbonyl (C=O) groups excluding carboxylic acids is 2. The van der Waals surface area contributed by atoms with Crippen LogP contribution in [0.2, 0.25) is 0 Å². The minimum atomic E-state index is -0.354. The molecule has 0 radical (unpaired) electrons. The van der Waals surface area contributed by atoms with Crippen LogP contribution in [0.4, 0.5) is 0 Å². The number of methoxy groups -OCH3 is 2. The van der Waals surface area contributed by atoms with E-state index in [0.29, 0.717) is 17.1 Å². The molecule has 0 bridgehead atoms. The summed E-state index contributed by atoms with van der Waals surface area (Å²) in [6.45, 7) is 3.43. The van der Waals surface area contributed by atoms with Crippen LogP contribution < -0.4 is 15.2 Å². The smallest absolute Gasteiger partial charge is 0.256 e. The molecule has 6 heteroatoms. The van der Waals surface area contributed by atoms with E-state index in [1.165, 1.54) is 6.92 Å². The van der Waals surface area contributed by atoms with Gasteiger partial charge in [-0.05, 0) is 30.7 Å². The van der Waals surface area contributed by atoms with Crippen molar-refractivity contribution >= 4 is 17.9 Å². The zero-order valence-electron chi connectivity index (χ0n) is 13.4. The quantitative estimate of drug-likeness (QED) is 0.804. The van der Waals surface area contributed by atoms with Crippen LogP contribution in [-0.2, 0) is 9.59 Å². The fourth-order valence-electron chi connectivity index (χ4n) is 2.00. The molecule has 0 heterocycles. The monoisotopic (exact) mass is 306 g/mol. The van der Waals surface area contributed by atoms with E-state index in [2.05, 4.69) is 0 Å².